The second kappa shape index (κ2) is 5.95. The Morgan fingerprint density at radius 3 is 2.72 bits per heavy atom. The van der Waals surface area contributed by atoms with Gasteiger partial charge in [0.05, 0.1) is 4.92 Å². The van der Waals surface area contributed by atoms with Crippen LogP contribution in [0.2, 0.25) is 0 Å². The fraction of sp³-hybridized carbons (Fsp3) is 0.364. The Hall–Kier alpha value is -2.18. The van der Waals surface area contributed by atoms with Gasteiger partial charge in [0, 0.05) is 12.1 Å². The molecule has 0 saturated carbocycles. The monoisotopic (exact) mass is 257 g/mol. The van der Waals surface area contributed by atoms with E-state index < -0.39 is 28.5 Å². The molecule has 0 amide bonds. The Morgan fingerprint density at radius 2 is 2.28 bits per heavy atom. The van der Waals surface area contributed by atoms with Crippen LogP contribution in [0.1, 0.15) is 19.8 Å². The third kappa shape index (κ3) is 3.41. The number of carbonyl (C=O) groups is 1. The lowest BCUT2D eigenvalue weighted by atomic mass is 10.2. The van der Waals surface area contributed by atoms with Gasteiger partial charge in [-0.2, -0.15) is 4.39 Å². The lowest BCUT2D eigenvalue weighted by Gasteiger charge is -2.14. The van der Waals surface area contributed by atoms with Crippen LogP contribution < -0.4 is 4.74 Å². The molecule has 1 N–H and O–H groups in total. The summed E-state index contributed by atoms with van der Waals surface area (Å²) in [5.74, 6) is -2.26. The maximum absolute atomic E-state index is 13.3. The smallest absolute Gasteiger partial charge is 0.344 e. The maximum atomic E-state index is 13.3. The molecule has 98 valence electrons. The predicted octanol–water partition coefficient (Wildman–Crippen LogP) is 2.37. The first kappa shape index (κ1) is 13.9. The number of rotatable bonds is 6. The summed E-state index contributed by atoms with van der Waals surface area (Å²) in [4.78, 5) is 20.4. The average molecular weight is 257 g/mol. The number of hydrogen-bond donors (Lipinski definition) is 1. The molecule has 0 aliphatic rings. The third-order valence-electron chi connectivity index (χ3n) is 2.22. The first-order valence-corrected chi connectivity index (χ1v) is 5.29. The first-order chi connectivity index (χ1) is 8.45. The van der Waals surface area contributed by atoms with Crippen molar-refractivity contribution in [2.75, 3.05) is 0 Å². The molecule has 0 aromatic heterocycles. The van der Waals surface area contributed by atoms with Gasteiger partial charge in [-0.1, -0.05) is 13.3 Å². The molecule has 1 unspecified atom stereocenters. The number of carboxylic acids is 1. The van der Waals surface area contributed by atoms with E-state index in [1.54, 1.807) is 6.92 Å². The van der Waals surface area contributed by atoms with Gasteiger partial charge in [0.25, 0.3) is 0 Å². The highest BCUT2D eigenvalue weighted by Gasteiger charge is 2.20. The summed E-state index contributed by atoms with van der Waals surface area (Å²) in [7, 11) is 0. The fourth-order valence-electron chi connectivity index (χ4n) is 1.37. The van der Waals surface area contributed by atoms with Crippen LogP contribution in [0.25, 0.3) is 0 Å². The molecular formula is C11H12FNO5. The van der Waals surface area contributed by atoms with Crippen molar-refractivity contribution in [1.82, 2.24) is 0 Å². The van der Waals surface area contributed by atoms with Crippen LogP contribution in [0, 0.1) is 15.9 Å². The molecular weight excluding hydrogens is 245 g/mol. The summed E-state index contributed by atoms with van der Waals surface area (Å²) in [6, 6.07) is 2.92. The van der Waals surface area contributed by atoms with Crippen molar-refractivity contribution >= 4 is 11.7 Å². The van der Waals surface area contributed by atoms with Gasteiger partial charge in [0.15, 0.2) is 6.10 Å². The molecule has 18 heavy (non-hydrogen) atoms. The van der Waals surface area contributed by atoms with Crippen LogP contribution in [0.4, 0.5) is 10.1 Å². The molecule has 0 spiro atoms. The SMILES string of the molecule is CCCC(Oc1ccc([N+](=O)[O-])c(F)c1)C(=O)O. The van der Waals surface area contributed by atoms with Crippen molar-refractivity contribution in [1.29, 1.82) is 0 Å². The summed E-state index contributed by atoms with van der Waals surface area (Å²) in [5.41, 5.74) is -0.676. The van der Waals surface area contributed by atoms with E-state index in [1.165, 1.54) is 6.07 Å². The maximum Gasteiger partial charge on any atom is 0.344 e. The van der Waals surface area contributed by atoms with E-state index in [2.05, 4.69) is 0 Å². The summed E-state index contributed by atoms with van der Waals surface area (Å²) in [5, 5.41) is 19.2. The highest BCUT2D eigenvalue weighted by Crippen LogP contribution is 2.23. The van der Waals surface area contributed by atoms with Crippen LogP contribution in [0.3, 0.4) is 0 Å². The molecule has 0 bridgehead atoms. The zero-order valence-electron chi connectivity index (χ0n) is 9.63. The van der Waals surface area contributed by atoms with Crippen LogP contribution in [-0.2, 0) is 4.79 Å². The van der Waals surface area contributed by atoms with Crippen LogP contribution in [-0.4, -0.2) is 22.1 Å². The summed E-state index contributed by atoms with van der Waals surface area (Å²) < 4.78 is 18.3. The Kier molecular flexibility index (Phi) is 4.59. The number of nitro groups is 1. The number of benzene rings is 1. The van der Waals surface area contributed by atoms with Crippen LogP contribution in [0.5, 0.6) is 5.75 Å². The molecule has 1 rings (SSSR count). The van der Waals surface area contributed by atoms with Crippen LogP contribution in [0.15, 0.2) is 18.2 Å². The minimum Gasteiger partial charge on any atom is -0.479 e. The molecule has 7 heteroatoms. The van der Waals surface area contributed by atoms with Gasteiger partial charge in [-0.15, -0.1) is 0 Å². The number of ether oxygens (including phenoxy) is 1. The largest absolute Gasteiger partial charge is 0.479 e. The van der Waals surface area contributed by atoms with E-state index in [4.69, 9.17) is 9.84 Å². The molecule has 1 aromatic rings. The van der Waals surface area contributed by atoms with Gasteiger partial charge in [0.2, 0.25) is 5.82 Å². The van der Waals surface area contributed by atoms with E-state index >= 15 is 0 Å². The zero-order valence-corrected chi connectivity index (χ0v) is 9.63. The van der Waals surface area contributed by atoms with Crippen molar-refractivity contribution in [3.63, 3.8) is 0 Å². The van der Waals surface area contributed by atoms with E-state index in [1.807, 2.05) is 0 Å². The van der Waals surface area contributed by atoms with Gasteiger partial charge in [0.1, 0.15) is 5.75 Å². The number of nitrogens with zero attached hydrogens (tertiary/aromatic N) is 1. The van der Waals surface area contributed by atoms with Crippen molar-refractivity contribution in [2.24, 2.45) is 0 Å². The number of carboxylic acid groups (broad SMARTS) is 1. The molecule has 0 aliphatic carbocycles. The molecule has 6 nitrogen and oxygen atoms in total. The molecule has 0 radical (unpaired) electrons. The fourth-order valence-corrected chi connectivity index (χ4v) is 1.37. The van der Waals surface area contributed by atoms with Gasteiger partial charge < -0.3 is 9.84 Å². The summed E-state index contributed by atoms with van der Waals surface area (Å²) in [6.45, 7) is 1.79. The number of nitro benzene ring substituents is 1. The minimum absolute atomic E-state index is 0.0426. The average Bonchev–Trinajstić information content (AvgIpc) is 2.27. The molecule has 0 aliphatic heterocycles. The summed E-state index contributed by atoms with van der Waals surface area (Å²) in [6.07, 6.45) is -0.226. The van der Waals surface area contributed by atoms with Gasteiger partial charge >= 0.3 is 11.7 Å². The molecule has 0 saturated heterocycles. The first-order valence-electron chi connectivity index (χ1n) is 5.29. The van der Waals surface area contributed by atoms with Crippen molar-refractivity contribution in [3.05, 3.63) is 34.1 Å². The lowest BCUT2D eigenvalue weighted by Crippen LogP contribution is -2.26. The van der Waals surface area contributed by atoms with E-state index in [9.17, 15) is 19.3 Å². The van der Waals surface area contributed by atoms with E-state index in [0.29, 0.717) is 6.42 Å². The number of hydrogen-bond acceptors (Lipinski definition) is 4. The topological polar surface area (TPSA) is 89.7 Å². The zero-order chi connectivity index (χ0) is 13.7. The van der Waals surface area contributed by atoms with Crippen LogP contribution >= 0.6 is 0 Å². The number of aliphatic carboxylic acids is 1. The van der Waals surface area contributed by atoms with Crippen molar-refractivity contribution in [3.8, 4) is 5.75 Å². The highest BCUT2D eigenvalue weighted by molar-refractivity contribution is 5.72. The predicted molar refractivity (Wildman–Crippen MR) is 60.0 cm³/mol. The van der Waals surface area contributed by atoms with E-state index in [-0.39, 0.29) is 12.2 Å². The summed E-state index contributed by atoms with van der Waals surface area (Å²) >= 11 is 0. The molecule has 0 heterocycles. The van der Waals surface area contributed by atoms with Gasteiger partial charge in [-0.05, 0) is 12.5 Å². The minimum atomic E-state index is -1.16. The Bertz CT molecular complexity index is 463. The second-order valence-electron chi connectivity index (χ2n) is 3.60. The standard InChI is InChI=1S/C11H12FNO5/c1-2-3-10(11(14)15)18-7-4-5-9(13(16)17)8(12)6-7/h4-6,10H,2-3H2,1H3,(H,14,15). The van der Waals surface area contributed by atoms with Gasteiger partial charge in [-0.3, -0.25) is 10.1 Å². The second-order valence-corrected chi connectivity index (χ2v) is 3.60. The molecule has 1 atom stereocenters. The van der Waals surface area contributed by atoms with Crippen molar-refractivity contribution in [2.45, 2.75) is 25.9 Å². The quantitative estimate of drug-likeness (QED) is 0.624. The highest BCUT2D eigenvalue weighted by atomic mass is 19.1. The molecule has 1 aromatic carbocycles. The van der Waals surface area contributed by atoms with Gasteiger partial charge in [-0.25, -0.2) is 4.79 Å². The number of halogens is 1. The Labute approximate surface area is 102 Å². The Balaban J connectivity index is 2.88. The Morgan fingerprint density at radius 1 is 1.61 bits per heavy atom. The molecule has 0 fully saturated rings. The van der Waals surface area contributed by atoms with Crippen molar-refractivity contribution < 1.29 is 24.0 Å². The lowest BCUT2D eigenvalue weighted by molar-refractivity contribution is -0.387. The van der Waals surface area contributed by atoms with E-state index in [0.717, 1.165) is 12.1 Å². The third-order valence-corrected chi connectivity index (χ3v) is 2.22. The normalized spacial score (nSPS) is 11.9.